The Morgan fingerprint density at radius 3 is 2.67 bits per heavy atom. The minimum atomic E-state index is -1.71. The maximum atomic E-state index is 14.6. The summed E-state index contributed by atoms with van der Waals surface area (Å²) >= 11 is 0. The summed E-state index contributed by atoms with van der Waals surface area (Å²) in [4.78, 5) is 26.2. The number of alkyl halides is 1. The van der Waals surface area contributed by atoms with Gasteiger partial charge in [0.15, 0.2) is 17.3 Å². The standard InChI is InChI=1S/C24H26FN7O/c1-14(2)31-22(33)18-13-28-20(29-17-6-5-15-11-26-12-16(15)9-17)10-19(18)32(31)21-7-8-27-23(30-21)24(3,4)25/h5-10,13-14,26H,11-12H2,1-4H3,(H,28,29). The van der Waals surface area contributed by atoms with Crippen LogP contribution >= 0.6 is 0 Å². The highest BCUT2D eigenvalue weighted by Crippen LogP contribution is 2.26. The van der Waals surface area contributed by atoms with Crippen LogP contribution in [0.3, 0.4) is 0 Å². The van der Waals surface area contributed by atoms with Crippen molar-refractivity contribution in [2.45, 2.75) is 52.5 Å². The molecule has 1 aliphatic heterocycles. The molecule has 1 aliphatic rings. The quantitative estimate of drug-likeness (QED) is 0.479. The van der Waals surface area contributed by atoms with Gasteiger partial charge in [0.2, 0.25) is 0 Å². The molecule has 0 atom stereocenters. The summed E-state index contributed by atoms with van der Waals surface area (Å²) in [6, 6.07) is 9.57. The van der Waals surface area contributed by atoms with Crippen molar-refractivity contribution in [2.75, 3.05) is 5.32 Å². The fourth-order valence-electron chi connectivity index (χ4n) is 4.16. The third kappa shape index (κ3) is 3.78. The van der Waals surface area contributed by atoms with Crippen molar-refractivity contribution in [2.24, 2.45) is 0 Å². The van der Waals surface area contributed by atoms with E-state index in [4.69, 9.17) is 0 Å². The molecule has 4 aromatic rings. The SMILES string of the molecule is CC(C)n1c(=O)c2cnc(Nc3ccc4c(c3)CNC4)cc2n1-c1ccnc(C(C)(C)F)n1. The van der Waals surface area contributed by atoms with Gasteiger partial charge in [-0.3, -0.25) is 4.79 Å². The summed E-state index contributed by atoms with van der Waals surface area (Å²) in [6.45, 7) is 8.38. The first-order chi connectivity index (χ1) is 15.7. The monoisotopic (exact) mass is 447 g/mol. The molecule has 0 amide bonds. The van der Waals surface area contributed by atoms with E-state index >= 15 is 0 Å². The number of nitrogens with zero attached hydrogens (tertiary/aromatic N) is 5. The average Bonchev–Trinajstić information content (AvgIpc) is 3.35. The van der Waals surface area contributed by atoms with Gasteiger partial charge in [-0.25, -0.2) is 28.7 Å². The van der Waals surface area contributed by atoms with Crippen LogP contribution < -0.4 is 16.2 Å². The average molecular weight is 448 g/mol. The van der Waals surface area contributed by atoms with Gasteiger partial charge in [-0.1, -0.05) is 6.07 Å². The second-order valence-corrected chi connectivity index (χ2v) is 9.06. The second-order valence-electron chi connectivity index (χ2n) is 9.06. The Kier molecular flexibility index (Phi) is 5.01. The molecule has 0 aliphatic carbocycles. The lowest BCUT2D eigenvalue weighted by molar-refractivity contribution is 0.206. The summed E-state index contributed by atoms with van der Waals surface area (Å²) in [5, 5.41) is 7.15. The molecule has 0 radical (unpaired) electrons. The van der Waals surface area contributed by atoms with Crippen molar-refractivity contribution in [3.63, 3.8) is 0 Å². The van der Waals surface area contributed by atoms with E-state index in [0.717, 1.165) is 18.8 Å². The molecular formula is C24H26FN7O. The molecule has 4 heterocycles. The molecule has 0 saturated carbocycles. The second kappa shape index (κ2) is 7.77. The van der Waals surface area contributed by atoms with Crippen LogP contribution in [-0.2, 0) is 18.8 Å². The van der Waals surface area contributed by atoms with Gasteiger partial charge in [-0.15, -0.1) is 0 Å². The number of benzene rings is 1. The fourth-order valence-corrected chi connectivity index (χ4v) is 4.16. The number of aromatic nitrogens is 5. The minimum absolute atomic E-state index is 0.0590. The number of anilines is 2. The lowest BCUT2D eigenvalue weighted by atomic mass is 10.1. The Bertz CT molecular complexity index is 1410. The van der Waals surface area contributed by atoms with Crippen molar-refractivity contribution < 1.29 is 4.39 Å². The van der Waals surface area contributed by atoms with E-state index in [0.29, 0.717) is 22.5 Å². The largest absolute Gasteiger partial charge is 0.340 e. The number of fused-ring (bicyclic) bond motifs is 2. The zero-order valence-electron chi connectivity index (χ0n) is 19.1. The lowest BCUT2D eigenvalue weighted by Crippen LogP contribution is -2.25. The van der Waals surface area contributed by atoms with Crippen LogP contribution in [0.2, 0.25) is 0 Å². The Morgan fingerprint density at radius 1 is 1.12 bits per heavy atom. The highest BCUT2D eigenvalue weighted by Gasteiger charge is 2.25. The Morgan fingerprint density at radius 2 is 1.91 bits per heavy atom. The first-order valence-corrected chi connectivity index (χ1v) is 11.0. The van der Waals surface area contributed by atoms with E-state index < -0.39 is 5.67 Å². The van der Waals surface area contributed by atoms with Crippen LogP contribution in [0.15, 0.2) is 47.5 Å². The van der Waals surface area contributed by atoms with Gasteiger partial charge in [0.25, 0.3) is 5.56 Å². The van der Waals surface area contributed by atoms with Gasteiger partial charge < -0.3 is 10.6 Å². The van der Waals surface area contributed by atoms with E-state index in [1.54, 1.807) is 21.6 Å². The summed E-state index contributed by atoms with van der Waals surface area (Å²) in [5.41, 5.74) is 2.22. The molecule has 0 bridgehead atoms. The molecule has 170 valence electrons. The van der Waals surface area contributed by atoms with Gasteiger partial charge in [-0.05, 0) is 51.0 Å². The van der Waals surface area contributed by atoms with Gasteiger partial charge in [0.05, 0.1) is 10.9 Å². The summed E-state index contributed by atoms with van der Waals surface area (Å²) in [5.74, 6) is 1.08. The highest BCUT2D eigenvalue weighted by atomic mass is 19.1. The van der Waals surface area contributed by atoms with Gasteiger partial charge in [0, 0.05) is 49.3 Å². The van der Waals surface area contributed by atoms with Gasteiger partial charge >= 0.3 is 0 Å². The zero-order valence-corrected chi connectivity index (χ0v) is 19.1. The van der Waals surface area contributed by atoms with Crippen molar-refractivity contribution in [1.82, 2.24) is 29.6 Å². The topological polar surface area (TPSA) is 89.7 Å². The predicted molar refractivity (Wildman–Crippen MR) is 126 cm³/mol. The van der Waals surface area contributed by atoms with Crippen LogP contribution in [0.5, 0.6) is 0 Å². The van der Waals surface area contributed by atoms with Crippen molar-refractivity contribution in [3.05, 3.63) is 70.0 Å². The van der Waals surface area contributed by atoms with Crippen LogP contribution in [0.1, 0.15) is 50.7 Å². The molecule has 0 fully saturated rings. The molecule has 1 aromatic carbocycles. The van der Waals surface area contributed by atoms with Crippen molar-refractivity contribution in [1.29, 1.82) is 0 Å². The number of hydrogen-bond donors (Lipinski definition) is 2. The molecule has 2 N–H and O–H groups in total. The summed E-state index contributed by atoms with van der Waals surface area (Å²) < 4.78 is 17.9. The van der Waals surface area contributed by atoms with Crippen LogP contribution in [0, 0.1) is 0 Å². The third-order valence-electron chi connectivity index (χ3n) is 5.75. The smallest absolute Gasteiger partial charge is 0.276 e. The lowest BCUT2D eigenvalue weighted by Gasteiger charge is -2.17. The maximum Gasteiger partial charge on any atom is 0.276 e. The molecule has 0 spiro atoms. The molecule has 0 saturated heterocycles. The molecule has 0 unspecified atom stereocenters. The molecule has 5 rings (SSSR count). The van der Waals surface area contributed by atoms with Crippen molar-refractivity contribution >= 4 is 22.4 Å². The molecule has 3 aromatic heterocycles. The van der Waals surface area contributed by atoms with E-state index in [1.165, 1.54) is 31.2 Å². The van der Waals surface area contributed by atoms with E-state index in [1.807, 2.05) is 26.0 Å². The first-order valence-electron chi connectivity index (χ1n) is 11.0. The van der Waals surface area contributed by atoms with Crippen molar-refractivity contribution in [3.8, 4) is 5.82 Å². The van der Waals surface area contributed by atoms with E-state index in [-0.39, 0.29) is 17.4 Å². The van der Waals surface area contributed by atoms with Gasteiger partial charge in [0.1, 0.15) is 5.82 Å². The first kappa shape index (κ1) is 21.3. The van der Waals surface area contributed by atoms with Crippen LogP contribution in [0.25, 0.3) is 16.7 Å². The summed E-state index contributed by atoms with van der Waals surface area (Å²) in [7, 11) is 0. The third-order valence-corrected chi connectivity index (χ3v) is 5.75. The van der Waals surface area contributed by atoms with E-state index in [2.05, 4.69) is 37.7 Å². The number of rotatable bonds is 5. The number of pyridine rings is 1. The maximum absolute atomic E-state index is 14.6. The Labute approximate surface area is 190 Å². The molecular weight excluding hydrogens is 421 g/mol. The van der Waals surface area contributed by atoms with Gasteiger partial charge in [-0.2, -0.15) is 0 Å². The number of hydrogen-bond acceptors (Lipinski definition) is 6. The fraction of sp³-hybridized carbons (Fsp3) is 0.333. The van der Waals surface area contributed by atoms with Crippen LogP contribution in [0.4, 0.5) is 15.9 Å². The highest BCUT2D eigenvalue weighted by molar-refractivity contribution is 5.82. The molecule has 33 heavy (non-hydrogen) atoms. The normalized spacial score (nSPS) is 13.6. The Hall–Kier alpha value is -3.59. The molecule has 8 nitrogen and oxygen atoms in total. The minimum Gasteiger partial charge on any atom is -0.340 e. The number of nitrogens with one attached hydrogen (secondary N) is 2. The predicted octanol–water partition coefficient (Wildman–Crippen LogP) is 4.11. The molecule has 9 heteroatoms. The Balaban J connectivity index is 1.65. The zero-order chi connectivity index (χ0) is 23.3. The number of halogens is 1. The van der Waals surface area contributed by atoms with E-state index in [9.17, 15) is 9.18 Å². The summed E-state index contributed by atoms with van der Waals surface area (Å²) in [6.07, 6.45) is 3.09. The van der Waals surface area contributed by atoms with Crippen LogP contribution in [-0.4, -0.2) is 24.3 Å².